The number of aryl methyl sites for hydroxylation is 2. The normalized spacial score (nSPS) is 11.7. The fraction of sp³-hybridized carbons (Fsp3) is 0.273. The largest absolute Gasteiger partial charge is 0.453 e. The SMILES string of the molecule is Cc1ccc(-c2nnc(CCC(=O)O[C@@H](C)C(=O)N(C)c3ccccc3)o2)cc1. The second kappa shape index (κ2) is 9.14. The molecule has 0 aliphatic rings. The summed E-state index contributed by atoms with van der Waals surface area (Å²) in [6.45, 7) is 3.56. The zero-order valence-electron chi connectivity index (χ0n) is 16.7. The molecule has 3 aromatic rings. The van der Waals surface area contributed by atoms with Gasteiger partial charge in [-0.1, -0.05) is 35.9 Å². The molecule has 0 unspecified atom stereocenters. The smallest absolute Gasteiger partial charge is 0.307 e. The number of hydrogen-bond donors (Lipinski definition) is 0. The maximum absolute atomic E-state index is 12.4. The number of para-hydroxylation sites is 1. The molecule has 150 valence electrons. The molecular weight excluding hydrogens is 370 g/mol. The minimum atomic E-state index is -0.890. The Morgan fingerprint density at radius 1 is 1.07 bits per heavy atom. The molecule has 0 aliphatic carbocycles. The van der Waals surface area contributed by atoms with Crippen LogP contribution in [0.5, 0.6) is 0 Å². The Morgan fingerprint density at radius 3 is 2.45 bits per heavy atom. The number of likely N-dealkylation sites (N-methyl/N-ethyl adjacent to an activating group) is 1. The van der Waals surface area contributed by atoms with Crippen LogP contribution in [0.15, 0.2) is 59.0 Å². The van der Waals surface area contributed by atoms with Crippen molar-refractivity contribution in [3.63, 3.8) is 0 Å². The van der Waals surface area contributed by atoms with Crippen LogP contribution in [0, 0.1) is 6.92 Å². The highest BCUT2D eigenvalue weighted by Gasteiger charge is 2.22. The van der Waals surface area contributed by atoms with E-state index in [4.69, 9.17) is 9.15 Å². The van der Waals surface area contributed by atoms with E-state index in [1.165, 1.54) is 4.90 Å². The van der Waals surface area contributed by atoms with Gasteiger partial charge < -0.3 is 14.1 Å². The number of anilines is 1. The highest BCUT2D eigenvalue weighted by Crippen LogP contribution is 2.19. The predicted molar refractivity (Wildman–Crippen MR) is 108 cm³/mol. The number of rotatable bonds is 7. The zero-order chi connectivity index (χ0) is 20.8. The van der Waals surface area contributed by atoms with Gasteiger partial charge in [0.25, 0.3) is 5.91 Å². The second-order valence-electron chi connectivity index (χ2n) is 6.73. The molecule has 0 N–H and O–H groups in total. The minimum Gasteiger partial charge on any atom is -0.453 e. The summed E-state index contributed by atoms with van der Waals surface area (Å²) < 4.78 is 10.9. The van der Waals surface area contributed by atoms with Crippen LogP contribution < -0.4 is 4.90 Å². The molecule has 0 spiro atoms. The molecule has 0 saturated heterocycles. The maximum Gasteiger partial charge on any atom is 0.307 e. The van der Waals surface area contributed by atoms with Crippen LogP contribution in [0.25, 0.3) is 11.5 Å². The van der Waals surface area contributed by atoms with Crippen LogP contribution >= 0.6 is 0 Å². The van der Waals surface area contributed by atoms with E-state index in [9.17, 15) is 9.59 Å². The highest BCUT2D eigenvalue weighted by atomic mass is 16.5. The van der Waals surface area contributed by atoms with E-state index in [-0.39, 0.29) is 18.7 Å². The second-order valence-corrected chi connectivity index (χ2v) is 6.73. The fourth-order valence-corrected chi connectivity index (χ4v) is 2.73. The van der Waals surface area contributed by atoms with E-state index in [1.54, 1.807) is 14.0 Å². The molecule has 0 radical (unpaired) electrons. The van der Waals surface area contributed by atoms with Crippen molar-refractivity contribution in [2.75, 3.05) is 11.9 Å². The lowest BCUT2D eigenvalue weighted by molar-refractivity contribution is -0.153. The Balaban J connectivity index is 1.51. The third kappa shape index (κ3) is 5.28. The van der Waals surface area contributed by atoms with Crippen molar-refractivity contribution in [3.05, 3.63) is 66.1 Å². The summed E-state index contributed by atoms with van der Waals surface area (Å²) in [7, 11) is 1.65. The number of nitrogens with zero attached hydrogens (tertiary/aromatic N) is 3. The van der Waals surface area contributed by atoms with Crippen molar-refractivity contribution in [1.29, 1.82) is 0 Å². The van der Waals surface area contributed by atoms with E-state index in [2.05, 4.69) is 10.2 Å². The highest BCUT2D eigenvalue weighted by molar-refractivity contribution is 5.96. The number of ether oxygens (including phenoxy) is 1. The van der Waals surface area contributed by atoms with Crippen molar-refractivity contribution < 1.29 is 18.7 Å². The minimum absolute atomic E-state index is 0.0439. The molecule has 1 amide bonds. The van der Waals surface area contributed by atoms with Crippen LogP contribution in [0.4, 0.5) is 5.69 Å². The number of hydrogen-bond acceptors (Lipinski definition) is 6. The van der Waals surface area contributed by atoms with Gasteiger partial charge in [0.05, 0.1) is 6.42 Å². The van der Waals surface area contributed by atoms with Crippen LogP contribution in [0.3, 0.4) is 0 Å². The van der Waals surface area contributed by atoms with Gasteiger partial charge in [-0.3, -0.25) is 9.59 Å². The number of benzene rings is 2. The van der Waals surface area contributed by atoms with Gasteiger partial charge in [0.2, 0.25) is 11.8 Å². The van der Waals surface area contributed by atoms with Crippen molar-refractivity contribution in [1.82, 2.24) is 10.2 Å². The van der Waals surface area contributed by atoms with Crippen molar-refractivity contribution in [3.8, 4) is 11.5 Å². The van der Waals surface area contributed by atoms with Crippen molar-refractivity contribution >= 4 is 17.6 Å². The lowest BCUT2D eigenvalue weighted by Crippen LogP contribution is -2.37. The van der Waals surface area contributed by atoms with E-state index in [0.717, 1.165) is 16.8 Å². The van der Waals surface area contributed by atoms with E-state index in [1.807, 2.05) is 61.5 Å². The fourth-order valence-electron chi connectivity index (χ4n) is 2.73. The molecule has 0 saturated carbocycles. The van der Waals surface area contributed by atoms with Gasteiger partial charge >= 0.3 is 5.97 Å². The van der Waals surface area contributed by atoms with Gasteiger partial charge in [-0.15, -0.1) is 10.2 Å². The summed E-state index contributed by atoms with van der Waals surface area (Å²) in [4.78, 5) is 26.0. The Hall–Kier alpha value is -3.48. The number of aromatic nitrogens is 2. The van der Waals surface area contributed by atoms with Gasteiger partial charge in [-0.2, -0.15) is 0 Å². The lowest BCUT2D eigenvalue weighted by atomic mass is 10.1. The molecular formula is C22H23N3O4. The van der Waals surface area contributed by atoms with Gasteiger partial charge in [0.1, 0.15) is 0 Å². The Morgan fingerprint density at radius 2 is 1.76 bits per heavy atom. The van der Waals surface area contributed by atoms with Gasteiger partial charge in [-0.25, -0.2) is 0 Å². The van der Waals surface area contributed by atoms with Crippen molar-refractivity contribution in [2.24, 2.45) is 0 Å². The van der Waals surface area contributed by atoms with E-state index >= 15 is 0 Å². The van der Waals surface area contributed by atoms with Gasteiger partial charge in [0.15, 0.2) is 6.10 Å². The third-order valence-electron chi connectivity index (χ3n) is 4.44. The number of carbonyl (C=O) groups excluding carboxylic acids is 2. The molecule has 2 aromatic carbocycles. The molecule has 3 rings (SSSR count). The molecule has 7 nitrogen and oxygen atoms in total. The summed E-state index contributed by atoms with van der Waals surface area (Å²) in [5, 5.41) is 7.98. The van der Waals surface area contributed by atoms with Crippen LogP contribution in [-0.4, -0.2) is 35.2 Å². The molecule has 1 atom stereocenters. The summed E-state index contributed by atoms with van der Waals surface area (Å²) >= 11 is 0. The zero-order valence-corrected chi connectivity index (χ0v) is 16.7. The lowest BCUT2D eigenvalue weighted by Gasteiger charge is -2.21. The first-order valence-electron chi connectivity index (χ1n) is 9.35. The Labute approximate surface area is 169 Å². The average Bonchev–Trinajstić information content (AvgIpc) is 3.21. The first-order chi connectivity index (χ1) is 13.9. The summed E-state index contributed by atoms with van der Waals surface area (Å²) in [6.07, 6.45) is -0.603. The quantitative estimate of drug-likeness (QED) is 0.571. The summed E-state index contributed by atoms with van der Waals surface area (Å²) in [5.41, 5.74) is 2.69. The molecule has 29 heavy (non-hydrogen) atoms. The number of amides is 1. The number of carbonyl (C=O) groups is 2. The molecule has 1 aromatic heterocycles. The van der Waals surface area contributed by atoms with E-state index in [0.29, 0.717) is 11.8 Å². The van der Waals surface area contributed by atoms with E-state index < -0.39 is 12.1 Å². The molecule has 0 fully saturated rings. The Kier molecular flexibility index (Phi) is 6.39. The van der Waals surface area contributed by atoms with Crippen molar-refractivity contribution in [2.45, 2.75) is 32.8 Å². The summed E-state index contributed by atoms with van der Waals surface area (Å²) in [6, 6.07) is 16.9. The average molecular weight is 393 g/mol. The van der Waals surface area contributed by atoms with Crippen LogP contribution in [0.2, 0.25) is 0 Å². The van der Waals surface area contributed by atoms with Gasteiger partial charge in [-0.05, 0) is 38.1 Å². The molecule has 1 heterocycles. The molecule has 0 aliphatic heterocycles. The van der Waals surface area contributed by atoms with Gasteiger partial charge in [0, 0.05) is 24.7 Å². The third-order valence-corrected chi connectivity index (χ3v) is 4.44. The van der Waals surface area contributed by atoms with Crippen LogP contribution in [0.1, 0.15) is 24.8 Å². The first kappa shape index (κ1) is 20.3. The first-order valence-corrected chi connectivity index (χ1v) is 9.35. The standard InChI is InChI=1S/C22H23N3O4/c1-15-9-11-17(12-10-15)21-24-23-19(29-21)13-14-20(26)28-16(2)22(27)25(3)18-7-5-4-6-8-18/h4-12,16H,13-14H2,1-3H3/t16-/m0/s1. The molecule has 0 bridgehead atoms. The van der Waals surface area contributed by atoms with Crippen LogP contribution in [-0.2, 0) is 20.7 Å². The molecule has 7 heteroatoms. The monoisotopic (exact) mass is 393 g/mol. The Bertz CT molecular complexity index is 967. The number of esters is 1. The summed E-state index contributed by atoms with van der Waals surface area (Å²) in [5.74, 6) is -0.0503. The topological polar surface area (TPSA) is 85.5 Å². The maximum atomic E-state index is 12.4. The predicted octanol–water partition coefficient (Wildman–Crippen LogP) is 3.57.